The fraction of sp³-hybridized carbons (Fsp3) is 0.500. The van der Waals surface area contributed by atoms with Crippen molar-refractivity contribution in [2.45, 2.75) is 58.6 Å². The van der Waals surface area contributed by atoms with Gasteiger partial charge < -0.3 is 14.8 Å². The first-order chi connectivity index (χ1) is 16.4. The van der Waals surface area contributed by atoms with Gasteiger partial charge in [-0.3, -0.25) is 24.2 Å². The molecular formula is C24H31Cl2N3O6. The van der Waals surface area contributed by atoms with E-state index in [9.17, 15) is 19.2 Å². The third kappa shape index (κ3) is 7.86. The predicted octanol–water partition coefficient (Wildman–Crippen LogP) is 3.77. The zero-order valence-corrected chi connectivity index (χ0v) is 21.9. The highest BCUT2D eigenvalue weighted by atomic mass is 35.5. The molecule has 11 heteroatoms. The van der Waals surface area contributed by atoms with Gasteiger partial charge in [0.25, 0.3) is 11.8 Å². The Labute approximate surface area is 215 Å². The lowest BCUT2D eigenvalue weighted by atomic mass is 10.1. The summed E-state index contributed by atoms with van der Waals surface area (Å²) in [4.78, 5) is 51.6. The molecular weight excluding hydrogens is 497 g/mol. The van der Waals surface area contributed by atoms with Crippen molar-refractivity contribution in [1.29, 1.82) is 0 Å². The zero-order chi connectivity index (χ0) is 26.3. The van der Waals surface area contributed by atoms with Crippen LogP contribution in [0.15, 0.2) is 24.8 Å². The minimum Gasteiger partial charge on any atom is -0.486 e. The molecule has 1 heterocycles. The van der Waals surface area contributed by atoms with Crippen LogP contribution in [0.1, 0.15) is 57.3 Å². The molecule has 1 aromatic carbocycles. The SMILES string of the molecule is C=CCOc1c(Cl)cc(C(=O)NC2CCC(=O)N(CCC)N(CC(=O)OC(C)(C)C)C2=O)cc1Cl. The lowest BCUT2D eigenvalue weighted by Crippen LogP contribution is -2.56. The minimum absolute atomic E-state index is 0.0113. The number of carbonyl (C=O) groups excluding carboxylic acids is 4. The van der Waals surface area contributed by atoms with E-state index in [2.05, 4.69) is 11.9 Å². The maximum Gasteiger partial charge on any atom is 0.328 e. The van der Waals surface area contributed by atoms with Crippen LogP contribution in [0.25, 0.3) is 0 Å². The Kier molecular flexibility index (Phi) is 9.97. The van der Waals surface area contributed by atoms with E-state index in [1.54, 1.807) is 20.8 Å². The number of ether oxygens (including phenoxy) is 2. The molecule has 1 aromatic rings. The number of hydrogen-bond acceptors (Lipinski definition) is 6. The van der Waals surface area contributed by atoms with Crippen molar-refractivity contribution in [3.8, 4) is 5.75 Å². The van der Waals surface area contributed by atoms with Crippen LogP contribution in [0, 0.1) is 0 Å². The molecule has 1 fully saturated rings. The first kappa shape index (κ1) is 28.5. The van der Waals surface area contributed by atoms with Crippen molar-refractivity contribution >= 4 is 46.9 Å². The summed E-state index contributed by atoms with van der Waals surface area (Å²) < 4.78 is 10.7. The van der Waals surface area contributed by atoms with E-state index in [0.717, 1.165) is 5.01 Å². The van der Waals surface area contributed by atoms with E-state index in [-0.39, 0.29) is 53.3 Å². The van der Waals surface area contributed by atoms with E-state index in [1.165, 1.54) is 23.2 Å². The Morgan fingerprint density at radius 3 is 2.37 bits per heavy atom. The van der Waals surface area contributed by atoms with Crippen molar-refractivity contribution in [3.05, 3.63) is 40.4 Å². The molecule has 2 rings (SSSR count). The van der Waals surface area contributed by atoms with Gasteiger partial charge in [0, 0.05) is 18.5 Å². The summed E-state index contributed by atoms with van der Waals surface area (Å²) >= 11 is 12.4. The number of carbonyl (C=O) groups is 4. The van der Waals surface area contributed by atoms with Crippen molar-refractivity contribution in [2.75, 3.05) is 19.7 Å². The molecule has 1 atom stereocenters. The van der Waals surface area contributed by atoms with E-state index >= 15 is 0 Å². The van der Waals surface area contributed by atoms with Gasteiger partial charge in [0.1, 0.15) is 24.8 Å². The number of nitrogens with one attached hydrogen (secondary N) is 1. The van der Waals surface area contributed by atoms with Crippen LogP contribution in [-0.2, 0) is 19.1 Å². The normalized spacial score (nSPS) is 16.6. The average molecular weight is 528 g/mol. The molecule has 9 nitrogen and oxygen atoms in total. The van der Waals surface area contributed by atoms with E-state index in [0.29, 0.717) is 6.42 Å². The third-order valence-corrected chi connectivity index (χ3v) is 5.39. The average Bonchev–Trinajstić information content (AvgIpc) is 2.85. The standard InChI is InChI=1S/C24H31Cl2N3O6/c1-6-10-28-19(30)9-8-18(23(33)29(28)14-20(31)35-24(3,4)5)27-22(32)15-12-16(25)21(17(26)13-15)34-11-7-2/h7,12-13,18H,2,6,8-11,14H2,1,3-5H3,(H,27,32). The highest BCUT2D eigenvalue weighted by Gasteiger charge is 2.38. The Hall–Kier alpha value is -2.78. The Morgan fingerprint density at radius 2 is 1.83 bits per heavy atom. The molecule has 0 spiro atoms. The fourth-order valence-corrected chi connectivity index (χ4v) is 4.01. The number of rotatable bonds is 9. The molecule has 1 N–H and O–H groups in total. The van der Waals surface area contributed by atoms with Crippen LogP contribution in [0.4, 0.5) is 0 Å². The third-order valence-electron chi connectivity index (χ3n) is 4.82. The maximum atomic E-state index is 13.4. The van der Waals surface area contributed by atoms with Crippen LogP contribution in [0.2, 0.25) is 10.0 Å². The van der Waals surface area contributed by atoms with Gasteiger partial charge in [0.05, 0.1) is 10.0 Å². The molecule has 0 bridgehead atoms. The van der Waals surface area contributed by atoms with Crippen LogP contribution in [-0.4, -0.2) is 65.0 Å². The second kappa shape index (κ2) is 12.3. The lowest BCUT2D eigenvalue weighted by Gasteiger charge is -2.34. The van der Waals surface area contributed by atoms with Crippen molar-refractivity contribution < 1.29 is 28.7 Å². The number of esters is 1. The molecule has 1 aliphatic rings. The molecule has 0 saturated carbocycles. The fourth-order valence-electron chi connectivity index (χ4n) is 3.42. The second-order valence-corrected chi connectivity index (χ2v) is 9.75. The Morgan fingerprint density at radius 1 is 1.20 bits per heavy atom. The molecule has 192 valence electrons. The van der Waals surface area contributed by atoms with Gasteiger partial charge in [-0.15, -0.1) is 0 Å². The Bertz CT molecular complexity index is 969. The minimum atomic E-state index is -1.05. The van der Waals surface area contributed by atoms with Crippen LogP contribution >= 0.6 is 23.2 Å². The molecule has 3 amide bonds. The summed E-state index contributed by atoms with van der Waals surface area (Å²) in [5.74, 6) is -1.99. The van der Waals surface area contributed by atoms with E-state index < -0.39 is 36.0 Å². The summed E-state index contributed by atoms with van der Waals surface area (Å²) in [6.45, 7) is 10.5. The second-order valence-electron chi connectivity index (χ2n) is 8.93. The van der Waals surface area contributed by atoms with Gasteiger partial charge in [0.2, 0.25) is 5.91 Å². The quantitative estimate of drug-likeness (QED) is 0.387. The number of nitrogens with zero attached hydrogens (tertiary/aromatic N) is 2. The first-order valence-electron chi connectivity index (χ1n) is 11.2. The van der Waals surface area contributed by atoms with E-state index in [4.69, 9.17) is 32.7 Å². The van der Waals surface area contributed by atoms with Gasteiger partial charge in [-0.05, 0) is 45.7 Å². The lowest BCUT2D eigenvalue weighted by molar-refractivity contribution is -0.173. The van der Waals surface area contributed by atoms with Gasteiger partial charge in [0.15, 0.2) is 5.75 Å². The van der Waals surface area contributed by atoms with Crippen LogP contribution in [0.5, 0.6) is 5.75 Å². The first-order valence-corrected chi connectivity index (χ1v) is 12.0. The van der Waals surface area contributed by atoms with Crippen molar-refractivity contribution in [1.82, 2.24) is 15.3 Å². The summed E-state index contributed by atoms with van der Waals surface area (Å²) in [5, 5.41) is 5.18. The largest absolute Gasteiger partial charge is 0.486 e. The molecule has 1 aliphatic heterocycles. The smallest absolute Gasteiger partial charge is 0.328 e. The monoisotopic (exact) mass is 527 g/mol. The molecule has 0 aliphatic carbocycles. The van der Waals surface area contributed by atoms with Gasteiger partial charge in [-0.1, -0.05) is 42.8 Å². The highest BCUT2D eigenvalue weighted by Crippen LogP contribution is 2.34. The molecule has 1 saturated heterocycles. The maximum absolute atomic E-state index is 13.4. The number of benzene rings is 1. The summed E-state index contributed by atoms with van der Waals surface area (Å²) in [7, 11) is 0. The summed E-state index contributed by atoms with van der Waals surface area (Å²) in [6.07, 6.45) is 2.17. The van der Waals surface area contributed by atoms with Crippen molar-refractivity contribution in [2.24, 2.45) is 0 Å². The van der Waals surface area contributed by atoms with Crippen LogP contribution < -0.4 is 10.1 Å². The topological polar surface area (TPSA) is 105 Å². The summed E-state index contributed by atoms with van der Waals surface area (Å²) in [6, 6.07) is 1.69. The zero-order valence-electron chi connectivity index (χ0n) is 20.4. The highest BCUT2D eigenvalue weighted by molar-refractivity contribution is 6.37. The summed E-state index contributed by atoms with van der Waals surface area (Å²) in [5.41, 5.74) is -0.655. The predicted molar refractivity (Wildman–Crippen MR) is 132 cm³/mol. The van der Waals surface area contributed by atoms with Gasteiger partial charge >= 0.3 is 5.97 Å². The van der Waals surface area contributed by atoms with Crippen molar-refractivity contribution in [3.63, 3.8) is 0 Å². The number of halogens is 2. The number of hydrogen-bond donors (Lipinski definition) is 1. The van der Waals surface area contributed by atoms with Crippen LogP contribution in [0.3, 0.4) is 0 Å². The van der Waals surface area contributed by atoms with Gasteiger partial charge in [-0.2, -0.15) is 0 Å². The molecule has 0 aromatic heterocycles. The number of hydrazine groups is 1. The molecule has 35 heavy (non-hydrogen) atoms. The molecule has 1 unspecified atom stereocenters. The Balaban J connectivity index is 2.27. The number of amides is 3. The van der Waals surface area contributed by atoms with Gasteiger partial charge in [-0.25, -0.2) is 5.01 Å². The van der Waals surface area contributed by atoms with E-state index in [1.807, 2.05) is 6.92 Å². The molecule has 0 radical (unpaired) electrons.